The van der Waals surface area contributed by atoms with Crippen molar-refractivity contribution in [2.45, 2.75) is 90.4 Å². The minimum absolute atomic E-state index is 0.119. The molecule has 1 aliphatic rings. The van der Waals surface area contributed by atoms with Crippen LogP contribution in [0.4, 0.5) is 13.2 Å². The summed E-state index contributed by atoms with van der Waals surface area (Å²) in [5.41, 5.74) is 0.895. The first kappa shape index (κ1) is 36.3. The Balaban J connectivity index is 1.55. The second-order valence-electron chi connectivity index (χ2n) is 10.5. The van der Waals surface area contributed by atoms with E-state index >= 15 is 0 Å². The predicted octanol–water partition coefficient (Wildman–Crippen LogP) is 4.71. The largest absolute Gasteiger partial charge is 0.489 e. The van der Waals surface area contributed by atoms with Crippen LogP contribution in [0.1, 0.15) is 57.2 Å². The lowest BCUT2D eigenvalue weighted by atomic mass is 9.98. The number of unbranched alkanes of at least 4 members (excludes halogenated alkanes) is 1. The van der Waals surface area contributed by atoms with E-state index in [1.165, 1.54) is 19.1 Å². The Morgan fingerprint density at radius 2 is 1.28 bits per heavy atom. The molecule has 1 aliphatic heterocycles. The zero-order valence-corrected chi connectivity index (χ0v) is 25.9. The van der Waals surface area contributed by atoms with Gasteiger partial charge in [0.2, 0.25) is 0 Å². The topological polar surface area (TPSA) is 133 Å². The van der Waals surface area contributed by atoms with Crippen molar-refractivity contribution < 1.29 is 65.5 Å². The Morgan fingerprint density at radius 3 is 1.85 bits per heavy atom. The fourth-order valence-corrected chi connectivity index (χ4v) is 4.66. The summed E-state index contributed by atoms with van der Waals surface area (Å²) in [5.74, 6) is -2.23. The lowest BCUT2D eigenvalue weighted by Crippen LogP contribution is -2.63. The molecule has 0 spiro atoms. The van der Waals surface area contributed by atoms with Crippen LogP contribution >= 0.6 is 0 Å². The number of carbonyl (C=O) groups is 4. The second-order valence-corrected chi connectivity index (χ2v) is 10.5. The molecule has 2 aromatic carbocycles. The molecule has 46 heavy (non-hydrogen) atoms. The molecule has 11 nitrogen and oxygen atoms in total. The quantitative estimate of drug-likeness (QED) is 0.159. The van der Waals surface area contributed by atoms with Gasteiger partial charge in [0, 0.05) is 34.3 Å². The molecule has 0 aliphatic carbocycles. The number of aryl methyl sites for hydroxylation is 1. The molecule has 14 heteroatoms. The van der Waals surface area contributed by atoms with Gasteiger partial charge in [-0.2, -0.15) is 13.2 Å². The van der Waals surface area contributed by atoms with Crippen LogP contribution in [0.3, 0.4) is 0 Å². The van der Waals surface area contributed by atoms with Crippen LogP contribution in [0.5, 0.6) is 5.75 Å². The van der Waals surface area contributed by atoms with Gasteiger partial charge >= 0.3 is 30.1 Å². The molecule has 0 amide bonds. The van der Waals surface area contributed by atoms with E-state index in [4.69, 9.17) is 33.2 Å². The van der Waals surface area contributed by atoms with Gasteiger partial charge in [0.15, 0.2) is 24.6 Å². The average molecular weight is 655 g/mol. The average Bonchev–Trinajstić information content (AvgIpc) is 2.97. The van der Waals surface area contributed by atoms with Crippen LogP contribution < -0.4 is 4.74 Å². The number of halogens is 3. The lowest BCUT2D eigenvalue weighted by Gasteiger charge is -2.44. The monoisotopic (exact) mass is 654 g/mol. The van der Waals surface area contributed by atoms with Crippen LogP contribution in [0.2, 0.25) is 0 Å². The highest BCUT2D eigenvalue weighted by atomic mass is 19.4. The van der Waals surface area contributed by atoms with Crippen LogP contribution in [0.15, 0.2) is 48.5 Å². The van der Waals surface area contributed by atoms with Gasteiger partial charge in [0.1, 0.15) is 25.1 Å². The first-order valence-electron chi connectivity index (χ1n) is 14.5. The molecular weight excluding hydrogens is 617 g/mol. The molecule has 252 valence electrons. The van der Waals surface area contributed by atoms with E-state index in [9.17, 15) is 32.3 Å². The summed E-state index contributed by atoms with van der Waals surface area (Å²) < 4.78 is 76.9. The summed E-state index contributed by atoms with van der Waals surface area (Å²) in [4.78, 5) is 47.2. The molecule has 0 aromatic heterocycles. The third-order valence-electron chi connectivity index (χ3n) is 6.70. The maximum Gasteiger partial charge on any atom is 0.416 e. The highest BCUT2D eigenvalue weighted by Gasteiger charge is 2.52. The summed E-state index contributed by atoms with van der Waals surface area (Å²) in [6.07, 6.45) is -8.63. The molecule has 0 N–H and O–H groups in total. The zero-order valence-electron chi connectivity index (χ0n) is 25.9. The van der Waals surface area contributed by atoms with E-state index < -0.39 is 66.3 Å². The van der Waals surface area contributed by atoms with Crippen LogP contribution in [0.25, 0.3) is 0 Å². The van der Waals surface area contributed by atoms with Crippen molar-refractivity contribution in [3.05, 3.63) is 65.2 Å². The van der Waals surface area contributed by atoms with Crippen molar-refractivity contribution in [1.29, 1.82) is 0 Å². The SMILES string of the molecule is CC(=O)OCC1OC(OCCCCc2ccc(OCc3ccc(C(F)(F)F)cc3)cc2)C(OC(C)=O)C(OC(C)=O)C1OC(C)=O. The van der Waals surface area contributed by atoms with E-state index in [0.717, 1.165) is 38.5 Å². The number of benzene rings is 2. The van der Waals surface area contributed by atoms with Crippen molar-refractivity contribution >= 4 is 23.9 Å². The molecule has 3 rings (SSSR count). The molecule has 0 bridgehead atoms. The van der Waals surface area contributed by atoms with Crippen LogP contribution in [-0.2, 0) is 66.8 Å². The summed E-state index contributed by atoms with van der Waals surface area (Å²) >= 11 is 0. The molecule has 5 atom stereocenters. The Morgan fingerprint density at radius 1 is 0.717 bits per heavy atom. The fraction of sp³-hybridized carbons (Fsp3) is 0.500. The molecule has 1 saturated heterocycles. The molecule has 0 saturated carbocycles. The number of rotatable bonds is 14. The number of hydrogen-bond acceptors (Lipinski definition) is 11. The van der Waals surface area contributed by atoms with Gasteiger partial charge in [-0.3, -0.25) is 19.2 Å². The Bertz CT molecular complexity index is 1310. The molecular formula is C32H37F3O11. The Kier molecular flexibility index (Phi) is 13.4. The third-order valence-corrected chi connectivity index (χ3v) is 6.70. The Labute approximate surface area is 264 Å². The van der Waals surface area contributed by atoms with E-state index in [1.54, 1.807) is 12.1 Å². The van der Waals surface area contributed by atoms with E-state index in [2.05, 4.69) is 0 Å². The van der Waals surface area contributed by atoms with Gasteiger partial charge in [-0.25, -0.2) is 0 Å². The number of alkyl halides is 3. The summed E-state index contributed by atoms with van der Waals surface area (Å²) in [5, 5.41) is 0. The Hall–Kier alpha value is -4.17. The van der Waals surface area contributed by atoms with E-state index in [-0.39, 0.29) is 19.8 Å². The standard InChI is InChI=1S/C32H37F3O11/c1-19(36)41-18-27-28(43-20(2)37)29(44-21(3)38)30(45-22(4)39)31(46-27)40-16-6-5-7-23-10-14-26(15-11-23)42-17-24-8-12-25(13-9-24)32(33,34)35/h8-15,27-31H,5-7,16-18H2,1-4H3. The number of carbonyl (C=O) groups excluding carboxylic acids is 4. The van der Waals surface area contributed by atoms with Crippen molar-refractivity contribution in [2.24, 2.45) is 0 Å². The highest BCUT2D eigenvalue weighted by molar-refractivity contribution is 5.68. The number of ether oxygens (including phenoxy) is 7. The predicted molar refractivity (Wildman–Crippen MR) is 153 cm³/mol. The fourth-order valence-electron chi connectivity index (χ4n) is 4.66. The summed E-state index contributed by atoms with van der Waals surface area (Å²) in [6, 6.07) is 12.1. The third kappa shape index (κ3) is 11.6. The molecule has 1 heterocycles. The van der Waals surface area contributed by atoms with Crippen molar-refractivity contribution in [3.63, 3.8) is 0 Å². The van der Waals surface area contributed by atoms with E-state index in [1.807, 2.05) is 12.1 Å². The molecule has 0 radical (unpaired) electrons. The van der Waals surface area contributed by atoms with Crippen molar-refractivity contribution in [1.82, 2.24) is 0 Å². The maximum absolute atomic E-state index is 12.7. The van der Waals surface area contributed by atoms with Crippen molar-refractivity contribution in [3.8, 4) is 5.75 Å². The van der Waals surface area contributed by atoms with Gasteiger partial charge in [-0.05, 0) is 54.7 Å². The number of hydrogen-bond donors (Lipinski definition) is 0. The molecule has 5 unspecified atom stereocenters. The zero-order chi connectivity index (χ0) is 33.9. The van der Waals surface area contributed by atoms with Gasteiger partial charge < -0.3 is 33.2 Å². The minimum Gasteiger partial charge on any atom is -0.489 e. The minimum atomic E-state index is -4.39. The van der Waals surface area contributed by atoms with Crippen molar-refractivity contribution in [2.75, 3.05) is 13.2 Å². The summed E-state index contributed by atoms with van der Waals surface area (Å²) in [7, 11) is 0. The first-order valence-corrected chi connectivity index (χ1v) is 14.5. The van der Waals surface area contributed by atoms with Gasteiger partial charge in [0.25, 0.3) is 0 Å². The van der Waals surface area contributed by atoms with Gasteiger partial charge in [-0.1, -0.05) is 24.3 Å². The molecule has 1 fully saturated rings. The van der Waals surface area contributed by atoms with Crippen LogP contribution in [-0.4, -0.2) is 67.8 Å². The molecule has 2 aromatic rings. The first-order chi connectivity index (χ1) is 21.7. The van der Waals surface area contributed by atoms with Crippen LogP contribution in [0, 0.1) is 0 Å². The summed E-state index contributed by atoms with van der Waals surface area (Å²) in [6.45, 7) is 4.55. The highest BCUT2D eigenvalue weighted by Crippen LogP contribution is 2.31. The smallest absolute Gasteiger partial charge is 0.416 e. The normalized spacial score (nSPS) is 21.2. The second kappa shape index (κ2) is 16.9. The number of esters is 4. The van der Waals surface area contributed by atoms with Gasteiger partial charge in [-0.15, -0.1) is 0 Å². The lowest BCUT2D eigenvalue weighted by molar-refractivity contribution is -0.308. The van der Waals surface area contributed by atoms with E-state index in [0.29, 0.717) is 30.6 Å². The maximum atomic E-state index is 12.7. The van der Waals surface area contributed by atoms with Gasteiger partial charge in [0.05, 0.1) is 5.56 Å².